The maximum Gasteiger partial charge on any atom is -0.00216 e. The van der Waals surface area contributed by atoms with Gasteiger partial charge in [0.2, 0.25) is 0 Å². The molecule has 0 radical (unpaired) electrons. The van der Waals surface area contributed by atoms with Crippen LogP contribution < -0.4 is 0 Å². The summed E-state index contributed by atoms with van der Waals surface area (Å²) >= 11 is 0. The minimum Gasteiger partial charge on any atom is -0.102 e. The molecule has 0 aliphatic heterocycles. The Hall–Kier alpha value is -1.04. The molecular formula is C12H16. The van der Waals surface area contributed by atoms with E-state index in [0.717, 1.165) is 12.8 Å². The van der Waals surface area contributed by atoms with Gasteiger partial charge in [0.15, 0.2) is 0 Å². The lowest BCUT2D eigenvalue weighted by atomic mass is 9.96. The van der Waals surface area contributed by atoms with Crippen LogP contribution in [0.3, 0.4) is 0 Å². The molecule has 0 spiro atoms. The smallest absolute Gasteiger partial charge is 0.00216 e. The molecule has 0 heterocycles. The first-order valence-electron chi connectivity index (χ1n) is 4.45. The Morgan fingerprint density at radius 3 is 1.67 bits per heavy atom. The number of hydrogen-bond acceptors (Lipinski definition) is 0. The monoisotopic (exact) mass is 160 g/mol. The van der Waals surface area contributed by atoms with Crippen LogP contribution in [0.5, 0.6) is 0 Å². The first-order chi connectivity index (χ1) is 5.86. The molecule has 0 amide bonds. The van der Waals surface area contributed by atoms with Gasteiger partial charge in [-0.15, -0.1) is 13.2 Å². The second-order valence-corrected chi connectivity index (χ2v) is 3.13. The normalized spacial score (nSPS) is 34.3. The summed E-state index contributed by atoms with van der Waals surface area (Å²) in [7, 11) is 0. The molecule has 2 atom stereocenters. The molecule has 1 aliphatic carbocycles. The molecule has 0 saturated carbocycles. The second kappa shape index (κ2) is 4.76. The average Bonchev–Trinajstić information content (AvgIpc) is 2.05. The molecule has 0 aromatic carbocycles. The van der Waals surface area contributed by atoms with Crippen molar-refractivity contribution >= 4 is 0 Å². The molecule has 12 heavy (non-hydrogen) atoms. The topological polar surface area (TPSA) is 0 Å². The Morgan fingerprint density at radius 2 is 1.33 bits per heavy atom. The largest absolute Gasteiger partial charge is 0.102 e. The zero-order chi connectivity index (χ0) is 8.81. The Kier molecular flexibility index (Phi) is 3.59. The summed E-state index contributed by atoms with van der Waals surface area (Å²) in [5.74, 6) is 1.04. The van der Waals surface area contributed by atoms with Gasteiger partial charge in [-0.1, -0.05) is 36.5 Å². The van der Waals surface area contributed by atoms with Gasteiger partial charge in [-0.2, -0.15) is 0 Å². The van der Waals surface area contributed by atoms with Crippen LogP contribution in [-0.4, -0.2) is 0 Å². The molecule has 1 rings (SSSR count). The summed E-state index contributed by atoms with van der Waals surface area (Å²) in [5, 5.41) is 0. The van der Waals surface area contributed by atoms with Gasteiger partial charge in [0, 0.05) is 0 Å². The summed E-state index contributed by atoms with van der Waals surface area (Å²) in [6.07, 6.45) is 15.0. The van der Waals surface area contributed by atoms with Crippen LogP contribution in [0.15, 0.2) is 49.6 Å². The van der Waals surface area contributed by atoms with E-state index in [-0.39, 0.29) is 0 Å². The molecule has 2 unspecified atom stereocenters. The van der Waals surface area contributed by atoms with Crippen molar-refractivity contribution in [2.75, 3.05) is 0 Å². The van der Waals surface area contributed by atoms with Crippen molar-refractivity contribution in [2.45, 2.75) is 12.8 Å². The van der Waals surface area contributed by atoms with Crippen molar-refractivity contribution in [1.29, 1.82) is 0 Å². The molecule has 0 N–H and O–H groups in total. The van der Waals surface area contributed by atoms with E-state index in [9.17, 15) is 0 Å². The molecular weight excluding hydrogens is 144 g/mol. The van der Waals surface area contributed by atoms with E-state index in [1.165, 1.54) is 0 Å². The summed E-state index contributed by atoms with van der Waals surface area (Å²) < 4.78 is 0. The van der Waals surface area contributed by atoms with Crippen molar-refractivity contribution in [3.63, 3.8) is 0 Å². The predicted octanol–water partition coefficient (Wildman–Crippen LogP) is 3.50. The van der Waals surface area contributed by atoms with Gasteiger partial charge in [0.05, 0.1) is 0 Å². The predicted molar refractivity (Wildman–Crippen MR) is 54.9 cm³/mol. The van der Waals surface area contributed by atoms with Gasteiger partial charge < -0.3 is 0 Å². The van der Waals surface area contributed by atoms with Crippen molar-refractivity contribution in [3.05, 3.63) is 49.6 Å². The molecule has 0 aromatic rings. The van der Waals surface area contributed by atoms with E-state index in [0.29, 0.717) is 11.8 Å². The van der Waals surface area contributed by atoms with E-state index in [2.05, 4.69) is 37.5 Å². The first-order valence-corrected chi connectivity index (χ1v) is 4.45. The van der Waals surface area contributed by atoms with E-state index >= 15 is 0 Å². The lowest BCUT2D eigenvalue weighted by Crippen LogP contribution is -1.95. The third kappa shape index (κ3) is 2.54. The number of rotatable bonds is 2. The summed E-state index contributed by atoms with van der Waals surface area (Å²) in [4.78, 5) is 0. The van der Waals surface area contributed by atoms with Gasteiger partial charge in [-0.05, 0) is 24.7 Å². The number of hydrogen-bond donors (Lipinski definition) is 0. The molecule has 0 nitrogen and oxygen atoms in total. The molecule has 64 valence electrons. The first kappa shape index (κ1) is 9.05. The maximum atomic E-state index is 3.79. The highest BCUT2D eigenvalue weighted by Gasteiger charge is 2.02. The number of allylic oxidation sites excluding steroid dienone is 6. The van der Waals surface area contributed by atoms with E-state index in [4.69, 9.17) is 0 Å². The third-order valence-corrected chi connectivity index (χ3v) is 2.19. The fourth-order valence-electron chi connectivity index (χ4n) is 1.33. The van der Waals surface area contributed by atoms with Crippen molar-refractivity contribution < 1.29 is 0 Å². The summed E-state index contributed by atoms with van der Waals surface area (Å²) in [6, 6.07) is 0. The highest BCUT2D eigenvalue weighted by Crippen LogP contribution is 2.16. The lowest BCUT2D eigenvalue weighted by molar-refractivity contribution is 0.762. The second-order valence-electron chi connectivity index (χ2n) is 3.13. The zero-order valence-electron chi connectivity index (χ0n) is 7.45. The third-order valence-electron chi connectivity index (χ3n) is 2.19. The fourth-order valence-corrected chi connectivity index (χ4v) is 1.33. The van der Waals surface area contributed by atoms with Crippen molar-refractivity contribution in [2.24, 2.45) is 11.8 Å². The Labute approximate surface area is 75.0 Å². The van der Waals surface area contributed by atoms with E-state index in [1.54, 1.807) is 0 Å². The minimum atomic E-state index is 0.520. The van der Waals surface area contributed by atoms with Crippen LogP contribution >= 0.6 is 0 Å². The SMILES string of the molecule is C=CC1/C=C\CC(C=C)/C=C\C1. The van der Waals surface area contributed by atoms with E-state index < -0.39 is 0 Å². The summed E-state index contributed by atoms with van der Waals surface area (Å²) in [6.45, 7) is 7.58. The molecule has 0 bridgehead atoms. The van der Waals surface area contributed by atoms with Gasteiger partial charge in [0.1, 0.15) is 0 Å². The highest BCUT2D eigenvalue weighted by atomic mass is 14.1. The van der Waals surface area contributed by atoms with Crippen LogP contribution in [0.2, 0.25) is 0 Å². The van der Waals surface area contributed by atoms with Crippen LogP contribution in [0.25, 0.3) is 0 Å². The maximum absolute atomic E-state index is 3.79. The standard InChI is InChI=1S/C12H16/c1-3-11-7-5-9-12(4-2)10-6-8-11/h3-7,10-12H,1-2,8-9H2/b7-5-,10-6-. The van der Waals surface area contributed by atoms with Crippen LogP contribution in [0.4, 0.5) is 0 Å². The molecule has 0 heteroatoms. The van der Waals surface area contributed by atoms with Gasteiger partial charge in [-0.25, -0.2) is 0 Å². The quantitative estimate of drug-likeness (QED) is 0.542. The summed E-state index contributed by atoms with van der Waals surface area (Å²) in [5.41, 5.74) is 0. The van der Waals surface area contributed by atoms with Crippen LogP contribution in [0, 0.1) is 11.8 Å². The Morgan fingerprint density at radius 1 is 0.917 bits per heavy atom. The van der Waals surface area contributed by atoms with Crippen molar-refractivity contribution in [1.82, 2.24) is 0 Å². The highest BCUT2D eigenvalue weighted by molar-refractivity contribution is 5.09. The lowest BCUT2D eigenvalue weighted by Gasteiger charge is -2.09. The van der Waals surface area contributed by atoms with Crippen molar-refractivity contribution in [3.8, 4) is 0 Å². The Bertz CT molecular complexity index is 184. The van der Waals surface area contributed by atoms with Gasteiger partial charge in [-0.3, -0.25) is 0 Å². The van der Waals surface area contributed by atoms with Gasteiger partial charge in [0.25, 0.3) is 0 Å². The van der Waals surface area contributed by atoms with E-state index in [1.807, 2.05) is 12.2 Å². The fraction of sp³-hybridized carbons (Fsp3) is 0.333. The van der Waals surface area contributed by atoms with Crippen LogP contribution in [0.1, 0.15) is 12.8 Å². The molecule has 1 aliphatic rings. The zero-order valence-corrected chi connectivity index (χ0v) is 7.45. The van der Waals surface area contributed by atoms with Gasteiger partial charge >= 0.3 is 0 Å². The average molecular weight is 160 g/mol. The minimum absolute atomic E-state index is 0.520. The Balaban J connectivity index is 2.58. The molecule has 0 aromatic heterocycles. The molecule has 0 fully saturated rings. The molecule has 0 saturated heterocycles. The van der Waals surface area contributed by atoms with Crippen LogP contribution in [-0.2, 0) is 0 Å².